The Balaban J connectivity index is 1.36. The molecule has 12 atom stereocenters. The molecule has 4 aliphatic carbocycles. The zero-order valence-corrected chi connectivity index (χ0v) is 29.0. The Morgan fingerprint density at radius 1 is 1.07 bits per heavy atom. The van der Waals surface area contributed by atoms with Crippen molar-refractivity contribution in [3.05, 3.63) is 42.5 Å². The molecule has 2 aromatic rings. The van der Waals surface area contributed by atoms with Crippen molar-refractivity contribution in [3.63, 3.8) is 0 Å². The highest BCUT2D eigenvalue weighted by Gasteiger charge is 2.72. The molecule has 250 valence electrons. The van der Waals surface area contributed by atoms with Gasteiger partial charge in [0.05, 0.1) is 30.8 Å². The van der Waals surface area contributed by atoms with Crippen molar-refractivity contribution in [1.29, 1.82) is 0 Å². The van der Waals surface area contributed by atoms with Crippen LogP contribution in [0.3, 0.4) is 0 Å². The molecule has 4 fully saturated rings. The maximum Gasteiger partial charge on any atom is 0.307 e. The molecule has 8 heteroatoms. The Kier molecular flexibility index (Phi) is 7.27. The minimum Gasteiger partial charge on any atom is -0.481 e. The van der Waals surface area contributed by atoms with Gasteiger partial charge in [-0.05, 0) is 97.5 Å². The van der Waals surface area contributed by atoms with Gasteiger partial charge in [-0.15, -0.1) is 0 Å². The average molecular weight is 631 g/mol. The molecule has 1 unspecified atom stereocenters. The lowest BCUT2D eigenvalue weighted by Gasteiger charge is -2.72. The van der Waals surface area contributed by atoms with E-state index in [2.05, 4.69) is 71.4 Å². The highest BCUT2D eigenvalue weighted by molar-refractivity contribution is 5.73. The highest BCUT2D eigenvalue weighted by Crippen LogP contribution is 2.76. The zero-order valence-electron chi connectivity index (χ0n) is 29.0. The fourth-order valence-corrected chi connectivity index (χ4v) is 12.4. The molecule has 2 aromatic heterocycles. The van der Waals surface area contributed by atoms with E-state index in [1.54, 1.807) is 18.7 Å². The van der Waals surface area contributed by atoms with Gasteiger partial charge in [0.2, 0.25) is 0 Å². The second-order valence-electron chi connectivity index (χ2n) is 17.2. The summed E-state index contributed by atoms with van der Waals surface area (Å²) in [5.74, 6) is 0.946. The molecule has 8 nitrogen and oxygen atoms in total. The van der Waals surface area contributed by atoms with Gasteiger partial charge in [0, 0.05) is 28.8 Å². The number of carboxylic acid groups (broad SMARTS) is 1. The first kappa shape index (κ1) is 32.0. The van der Waals surface area contributed by atoms with E-state index >= 15 is 0 Å². The predicted molar refractivity (Wildman–Crippen MR) is 176 cm³/mol. The first-order chi connectivity index (χ1) is 21.7. The molecule has 5 aliphatic rings. The molecule has 0 radical (unpaired) electrons. The molecule has 0 amide bonds. The van der Waals surface area contributed by atoms with E-state index in [0.29, 0.717) is 18.4 Å². The van der Waals surface area contributed by atoms with Crippen molar-refractivity contribution in [2.45, 2.75) is 112 Å². The van der Waals surface area contributed by atoms with Crippen LogP contribution in [0, 0.1) is 56.7 Å². The van der Waals surface area contributed by atoms with E-state index in [-0.39, 0.29) is 45.6 Å². The monoisotopic (exact) mass is 630 g/mol. The number of ether oxygens (including phenoxy) is 1. The first-order valence-electron chi connectivity index (χ1n) is 17.7. The van der Waals surface area contributed by atoms with Crippen molar-refractivity contribution < 1.29 is 19.7 Å². The van der Waals surface area contributed by atoms with Crippen molar-refractivity contribution in [1.82, 2.24) is 19.7 Å². The molecule has 0 aromatic carbocycles. The minimum absolute atomic E-state index is 0.0273. The van der Waals surface area contributed by atoms with Crippen LogP contribution in [0.1, 0.15) is 100.0 Å². The van der Waals surface area contributed by atoms with Gasteiger partial charge >= 0.3 is 5.97 Å². The number of aliphatic carboxylic acids is 1. The van der Waals surface area contributed by atoms with Crippen LogP contribution in [0.15, 0.2) is 42.5 Å². The third-order valence-corrected chi connectivity index (χ3v) is 15.4. The van der Waals surface area contributed by atoms with Crippen molar-refractivity contribution in [2.24, 2.45) is 56.7 Å². The third-order valence-electron chi connectivity index (χ3n) is 15.4. The van der Waals surface area contributed by atoms with Crippen LogP contribution >= 0.6 is 0 Å². The molecule has 0 spiro atoms. The lowest BCUT2D eigenvalue weighted by molar-refractivity contribution is -0.263. The van der Waals surface area contributed by atoms with Gasteiger partial charge in [-0.2, -0.15) is 5.10 Å². The summed E-state index contributed by atoms with van der Waals surface area (Å²) in [7, 11) is 0. The Morgan fingerprint density at radius 2 is 1.78 bits per heavy atom. The van der Waals surface area contributed by atoms with Gasteiger partial charge < -0.3 is 14.9 Å². The summed E-state index contributed by atoms with van der Waals surface area (Å²) in [5, 5.41) is 28.0. The molecule has 2 N–H and O–H groups in total. The molecular formula is C38H54N4O4. The maximum atomic E-state index is 13.4. The van der Waals surface area contributed by atoms with Gasteiger partial charge in [0.1, 0.15) is 6.33 Å². The van der Waals surface area contributed by atoms with Gasteiger partial charge in [0.15, 0.2) is 5.82 Å². The number of carbonyl (C=O) groups is 1. The van der Waals surface area contributed by atoms with E-state index in [1.165, 1.54) is 5.57 Å². The molecule has 1 aliphatic heterocycles. The van der Waals surface area contributed by atoms with Gasteiger partial charge in [-0.3, -0.25) is 9.78 Å². The largest absolute Gasteiger partial charge is 0.481 e. The number of nitrogens with zero attached hydrogens (tertiary/aromatic N) is 4. The van der Waals surface area contributed by atoms with E-state index < -0.39 is 23.4 Å². The van der Waals surface area contributed by atoms with Crippen LogP contribution < -0.4 is 0 Å². The number of rotatable bonds is 5. The summed E-state index contributed by atoms with van der Waals surface area (Å²) in [6.45, 7) is 18.8. The number of aliphatic hydroxyl groups excluding tert-OH is 1. The number of allylic oxidation sites excluding steroid dienone is 1. The fraction of sp³-hybridized carbons (Fsp3) is 0.737. The van der Waals surface area contributed by atoms with Crippen LogP contribution in [-0.2, 0) is 9.53 Å². The fourth-order valence-electron chi connectivity index (χ4n) is 12.4. The van der Waals surface area contributed by atoms with E-state index in [4.69, 9.17) is 9.84 Å². The Hall–Kier alpha value is -2.58. The number of aromatic nitrogens is 4. The average Bonchev–Trinajstić information content (AvgIpc) is 3.51. The maximum absolute atomic E-state index is 13.4. The van der Waals surface area contributed by atoms with E-state index in [0.717, 1.165) is 49.9 Å². The van der Waals surface area contributed by atoms with Crippen molar-refractivity contribution in [3.8, 4) is 11.4 Å². The summed E-state index contributed by atoms with van der Waals surface area (Å²) in [6.07, 6.45) is 12.4. The van der Waals surface area contributed by atoms with Gasteiger partial charge in [-0.25, -0.2) is 9.67 Å². The summed E-state index contributed by atoms with van der Waals surface area (Å²) < 4.78 is 8.67. The van der Waals surface area contributed by atoms with E-state index in [1.807, 2.05) is 16.8 Å². The lowest BCUT2D eigenvalue weighted by Crippen LogP contribution is -2.70. The number of hydrogen-bond acceptors (Lipinski definition) is 6. The quantitative estimate of drug-likeness (QED) is 0.336. The molecular weight excluding hydrogens is 576 g/mol. The number of carboxylic acids is 1. The molecule has 46 heavy (non-hydrogen) atoms. The smallest absolute Gasteiger partial charge is 0.307 e. The van der Waals surface area contributed by atoms with Gasteiger partial charge in [-0.1, -0.05) is 60.1 Å². The summed E-state index contributed by atoms with van der Waals surface area (Å²) in [4.78, 5) is 22.3. The van der Waals surface area contributed by atoms with E-state index in [9.17, 15) is 15.0 Å². The number of pyridine rings is 1. The van der Waals surface area contributed by atoms with Crippen LogP contribution in [0.2, 0.25) is 0 Å². The van der Waals surface area contributed by atoms with Crippen LogP contribution in [0.4, 0.5) is 0 Å². The second-order valence-corrected chi connectivity index (χ2v) is 17.2. The normalized spacial score (nSPS) is 45.7. The number of fused-ring (bicyclic) bond motifs is 3. The van der Waals surface area contributed by atoms with Crippen molar-refractivity contribution >= 4 is 5.97 Å². The topological polar surface area (TPSA) is 110 Å². The van der Waals surface area contributed by atoms with Crippen LogP contribution in [0.5, 0.6) is 0 Å². The first-order valence-corrected chi connectivity index (χ1v) is 17.7. The van der Waals surface area contributed by atoms with Crippen LogP contribution in [0.25, 0.3) is 11.4 Å². The molecule has 1 saturated heterocycles. The molecule has 7 rings (SSSR count). The predicted octanol–water partition coefficient (Wildman–Crippen LogP) is 7.22. The standard InChI is InChI=1S/C38H54N4O4/c1-22(2)23(3)34(5)15-16-36(7)26-9-10-29-35(6)20-46-24(4)38(29,27(26)11-14-37(36,8)30(34)33(44)45)19-28(31(35)43)42-32(40-21-41-42)25-12-17-39-18-13-25/h11-13,17-18,21-24,26,28-31,43H,9-10,14-16,19-20H2,1-8H3,(H,44,45)/t23-,24+,26+,28?,29+,30-,31+,34-,35-,36-,37+,38+/m1/s1. The molecule has 3 saturated carbocycles. The lowest BCUT2D eigenvalue weighted by atomic mass is 9.33. The SMILES string of the molecule is CC(C)[C@@H](C)[C@@]1(C)CC[C@]2(C)[C@H]3CC[C@H]4[C@@]5(C)CO[C@@H](C)[C@@]4(CC(n4ncnc4-c4ccncc4)[C@@H]5O)C3=CC[C@@]2(C)[C@@H]1C(=O)O. The number of hydrogen-bond donors (Lipinski definition) is 2. The highest BCUT2D eigenvalue weighted by atomic mass is 16.5. The molecule has 2 bridgehead atoms. The summed E-state index contributed by atoms with van der Waals surface area (Å²) in [6, 6.07) is 3.62. The summed E-state index contributed by atoms with van der Waals surface area (Å²) in [5.41, 5.74) is 0.858. The summed E-state index contributed by atoms with van der Waals surface area (Å²) >= 11 is 0. The Labute approximate surface area is 274 Å². The van der Waals surface area contributed by atoms with Crippen LogP contribution in [-0.4, -0.2) is 54.7 Å². The third kappa shape index (κ3) is 3.92. The second kappa shape index (κ2) is 10.5. The zero-order chi connectivity index (χ0) is 33.0. The Morgan fingerprint density at radius 3 is 2.46 bits per heavy atom. The van der Waals surface area contributed by atoms with Crippen molar-refractivity contribution in [2.75, 3.05) is 6.61 Å². The number of aliphatic hydroxyl groups is 1. The minimum atomic E-state index is -0.647. The Bertz CT molecular complexity index is 1540. The molecule has 3 heterocycles. The van der Waals surface area contributed by atoms with Gasteiger partial charge in [0.25, 0.3) is 0 Å².